The Hall–Kier alpha value is -2.90. The van der Waals surface area contributed by atoms with Gasteiger partial charge in [-0.1, -0.05) is 35.4 Å². The van der Waals surface area contributed by atoms with Crippen LogP contribution in [0.1, 0.15) is 21.5 Å². The highest BCUT2D eigenvalue weighted by atomic mass is 35.5. The van der Waals surface area contributed by atoms with E-state index in [9.17, 15) is 17.6 Å². The SMILES string of the molecule is Cc1ccc(NS(=O)(=O)c2cc(NC(=O)c3cccc(F)c3)ccc2Cl)c(C)c1. The van der Waals surface area contributed by atoms with Crippen LogP contribution < -0.4 is 10.0 Å². The van der Waals surface area contributed by atoms with E-state index in [-0.39, 0.29) is 21.2 Å². The van der Waals surface area contributed by atoms with Crippen molar-refractivity contribution < 1.29 is 17.6 Å². The number of amides is 1. The lowest BCUT2D eigenvalue weighted by molar-refractivity contribution is 0.102. The molecular weight excluding hydrogens is 415 g/mol. The van der Waals surface area contributed by atoms with Crippen LogP contribution in [0.5, 0.6) is 0 Å². The monoisotopic (exact) mass is 432 g/mol. The summed E-state index contributed by atoms with van der Waals surface area (Å²) in [5.74, 6) is -1.12. The van der Waals surface area contributed by atoms with Crippen molar-refractivity contribution in [3.05, 3.63) is 88.2 Å². The van der Waals surface area contributed by atoms with Gasteiger partial charge in [0.15, 0.2) is 0 Å². The van der Waals surface area contributed by atoms with Gasteiger partial charge in [0.2, 0.25) is 0 Å². The Labute approximate surface area is 173 Å². The molecule has 0 saturated heterocycles. The van der Waals surface area contributed by atoms with Crippen molar-refractivity contribution in [2.24, 2.45) is 0 Å². The first-order valence-corrected chi connectivity index (χ1v) is 10.5. The summed E-state index contributed by atoms with van der Waals surface area (Å²) in [6.45, 7) is 3.70. The van der Waals surface area contributed by atoms with E-state index < -0.39 is 21.7 Å². The lowest BCUT2D eigenvalue weighted by atomic mass is 10.1. The summed E-state index contributed by atoms with van der Waals surface area (Å²) < 4.78 is 41.5. The molecule has 5 nitrogen and oxygen atoms in total. The quantitative estimate of drug-likeness (QED) is 0.585. The van der Waals surface area contributed by atoms with Gasteiger partial charge in [-0.25, -0.2) is 12.8 Å². The Morgan fingerprint density at radius 2 is 1.76 bits per heavy atom. The zero-order chi connectivity index (χ0) is 21.2. The molecule has 3 aromatic carbocycles. The number of hydrogen-bond donors (Lipinski definition) is 2. The first-order chi connectivity index (χ1) is 13.7. The molecule has 1 amide bonds. The summed E-state index contributed by atoms with van der Waals surface area (Å²) in [6, 6.07) is 14.6. The number of anilines is 2. The minimum atomic E-state index is -4.00. The second-order valence-corrected chi connectivity index (χ2v) is 8.59. The first kappa shape index (κ1) is 20.8. The molecule has 29 heavy (non-hydrogen) atoms. The Kier molecular flexibility index (Phi) is 5.91. The van der Waals surface area contributed by atoms with Crippen molar-refractivity contribution in [1.29, 1.82) is 0 Å². The van der Waals surface area contributed by atoms with Crippen LogP contribution in [-0.4, -0.2) is 14.3 Å². The smallest absolute Gasteiger partial charge is 0.263 e. The molecule has 2 N–H and O–H groups in total. The Bertz CT molecular complexity index is 1200. The molecule has 0 aliphatic heterocycles. The predicted molar refractivity (Wildman–Crippen MR) is 113 cm³/mol. The van der Waals surface area contributed by atoms with Crippen LogP contribution in [0.2, 0.25) is 5.02 Å². The van der Waals surface area contributed by atoms with Gasteiger partial charge in [0.1, 0.15) is 10.7 Å². The van der Waals surface area contributed by atoms with Gasteiger partial charge in [-0.05, 0) is 61.9 Å². The van der Waals surface area contributed by atoms with Crippen molar-refractivity contribution >= 4 is 38.9 Å². The van der Waals surface area contributed by atoms with Gasteiger partial charge < -0.3 is 5.32 Å². The summed E-state index contributed by atoms with van der Waals surface area (Å²) in [6.07, 6.45) is 0. The van der Waals surface area contributed by atoms with Gasteiger partial charge in [-0.2, -0.15) is 0 Å². The standard InChI is InChI=1S/C21H18ClFN2O3S/c1-13-6-9-19(14(2)10-13)25-29(27,28)20-12-17(7-8-18(20)22)24-21(26)15-4-3-5-16(23)11-15/h3-12,25H,1-2H3,(H,24,26). The van der Waals surface area contributed by atoms with Gasteiger partial charge in [0, 0.05) is 11.3 Å². The summed E-state index contributed by atoms with van der Waals surface area (Å²) in [5, 5.41) is 2.56. The highest BCUT2D eigenvalue weighted by Gasteiger charge is 2.20. The number of carbonyl (C=O) groups is 1. The van der Waals surface area contributed by atoms with E-state index in [2.05, 4.69) is 10.0 Å². The van der Waals surface area contributed by atoms with E-state index in [0.717, 1.165) is 17.2 Å². The number of halogens is 2. The summed E-state index contributed by atoms with van der Waals surface area (Å²) in [7, 11) is -4.00. The van der Waals surface area contributed by atoms with Crippen molar-refractivity contribution in [3.63, 3.8) is 0 Å². The summed E-state index contributed by atoms with van der Waals surface area (Å²) in [4.78, 5) is 12.1. The van der Waals surface area contributed by atoms with E-state index in [1.807, 2.05) is 13.0 Å². The lowest BCUT2D eigenvalue weighted by Crippen LogP contribution is -2.16. The van der Waals surface area contributed by atoms with E-state index in [0.29, 0.717) is 5.69 Å². The van der Waals surface area contributed by atoms with Crippen LogP contribution in [-0.2, 0) is 10.0 Å². The largest absolute Gasteiger partial charge is 0.322 e. The lowest BCUT2D eigenvalue weighted by Gasteiger charge is -2.14. The second kappa shape index (κ2) is 8.23. The van der Waals surface area contributed by atoms with Crippen LogP contribution >= 0.6 is 11.6 Å². The normalized spacial score (nSPS) is 11.2. The number of aryl methyl sites for hydroxylation is 2. The summed E-state index contributed by atoms with van der Waals surface area (Å²) >= 11 is 6.10. The maximum Gasteiger partial charge on any atom is 0.263 e. The van der Waals surface area contributed by atoms with Gasteiger partial charge >= 0.3 is 0 Å². The molecule has 3 aromatic rings. The van der Waals surface area contributed by atoms with Crippen LogP contribution in [0.15, 0.2) is 65.6 Å². The number of hydrogen-bond acceptors (Lipinski definition) is 3. The Morgan fingerprint density at radius 3 is 2.45 bits per heavy atom. The minimum absolute atomic E-state index is 0.00557. The van der Waals surface area contributed by atoms with E-state index in [1.54, 1.807) is 19.1 Å². The van der Waals surface area contributed by atoms with Crippen molar-refractivity contribution in [2.75, 3.05) is 10.0 Å². The van der Waals surface area contributed by atoms with E-state index in [4.69, 9.17) is 11.6 Å². The number of rotatable bonds is 5. The van der Waals surface area contributed by atoms with E-state index >= 15 is 0 Å². The molecule has 0 spiro atoms. The highest BCUT2D eigenvalue weighted by molar-refractivity contribution is 7.92. The fraction of sp³-hybridized carbons (Fsp3) is 0.0952. The third kappa shape index (κ3) is 4.93. The molecular formula is C21H18ClFN2O3S. The summed E-state index contributed by atoms with van der Waals surface area (Å²) in [5.41, 5.74) is 2.52. The average Bonchev–Trinajstić information content (AvgIpc) is 2.65. The maximum absolute atomic E-state index is 13.3. The second-order valence-electron chi connectivity index (χ2n) is 6.53. The minimum Gasteiger partial charge on any atom is -0.322 e. The maximum atomic E-state index is 13.3. The third-order valence-electron chi connectivity index (χ3n) is 4.19. The number of carbonyl (C=O) groups excluding carboxylic acids is 1. The number of sulfonamides is 1. The van der Waals surface area contributed by atoms with Crippen LogP contribution in [0, 0.1) is 19.7 Å². The van der Waals surface area contributed by atoms with Crippen molar-refractivity contribution in [3.8, 4) is 0 Å². The molecule has 150 valence electrons. The van der Waals surface area contributed by atoms with Gasteiger partial charge in [-0.3, -0.25) is 9.52 Å². The zero-order valence-corrected chi connectivity index (χ0v) is 17.2. The molecule has 0 aliphatic rings. The van der Waals surface area contributed by atoms with Crippen molar-refractivity contribution in [2.45, 2.75) is 18.7 Å². The third-order valence-corrected chi connectivity index (χ3v) is 6.04. The highest BCUT2D eigenvalue weighted by Crippen LogP contribution is 2.28. The van der Waals surface area contributed by atoms with E-state index in [1.165, 1.54) is 36.4 Å². The van der Waals surface area contributed by atoms with Gasteiger partial charge in [0.05, 0.1) is 10.7 Å². The van der Waals surface area contributed by atoms with Gasteiger partial charge in [-0.15, -0.1) is 0 Å². The molecule has 0 unspecified atom stereocenters. The molecule has 0 atom stereocenters. The molecule has 0 aliphatic carbocycles. The average molecular weight is 433 g/mol. The molecule has 3 rings (SSSR count). The van der Waals surface area contributed by atoms with Crippen LogP contribution in [0.25, 0.3) is 0 Å². The molecule has 0 fully saturated rings. The fourth-order valence-electron chi connectivity index (χ4n) is 2.75. The predicted octanol–water partition coefficient (Wildman–Crippen LogP) is 5.15. The van der Waals surface area contributed by atoms with Gasteiger partial charge in [0.25, 0.3) is 15.9 Å². The molecule has 0 saturated carbocycles. The molecule has 0 bridgehead atoms. The zero-order valence-electron chi connectivity index (χ0n) is 15.7. The fourth-order valence-corrected chi connectivity index (χ4v) is 4.41. The van der Waals surface area contributed by atoms with Crippen molar-refractivity contribution in [1.82, 2.24) is 0 Å². The number of benzene rings is 3. The number of nitrogens with one attached hydrogen (secondary N) is 2. The van der Waals surface area contributed by atoms with Crippen LogP contribution in [0.4, 0.5) is 15.8 Å². The Balaban J connectivity index is 1.89. The molecule has 0 heterocycles. The Morgan fingerprint density at radius 1 is 1.00 bits per heavy atom. The molecule has 0 radical (unpaired) electrons. The molecule has 0 aromatic heterocycles. The molecule has 8 heteroatoms. The first-order valence-electron chi connectivity index (χ1n) is 8.62. The topological polar surface area (TPSA) is 75.3 Å². The van der Waals surface area contributed by atoms with Crippen LogP contribution in [0.3, 0.4) is 0 Å².